The molecule has 4 N–H and O–H groups in total. The van der Waals surface area contributed by atoms with Crippen LogP contribution in [0.5, 0.6) is 5.88 Å². The molecule has 1 amide bonds. The minimum absolute atomic E-state index is 0.213. The van der Waals surface area contributed by atoms with Crippen molar-refractivity contribution in [3.63, 3.8) is 0 Å². The predicted octanol–water partition coefficient (Wildman–Crippen LogP) is 0.615. The molecule has 1 heterocycles. The van der Waals surface area contributed by atoms with Gasteiger partial charge in [-0.2, -0.15) is 0 Å². The number of aryl methyl sites for hydroxylation is 2. The second-order valence-corrected chi connectivity index (χ2v) is 2.97. The van der Waals surface area contributed by atoms with E-state index < -0.39 is 6.09 Å². The van der Waals surface area contributed by atoms with Crippen molar-refractivity contribution in [2.45, 2.75) is 20.4 Å². The van der Waals surface area contributed by atoms with Gasteiger partial charge in [-0.05, 0) is 25.0 Å². The van der Waals surface area contributed by atoms with Crippen molar-refractivity contribution in [2.24, 2.45) is 11.5 Å². The Balaban J connectivity index is 3.07. The number of ether oxygens (including phenoxy) is 1. The Bertz CT molecular complexity index is 340. The number of nitrogens with zero attached hydrogens (tertiary/aromatic N) is 1. The molecule has 0 atom stereocenters. The Morgan fingerprint density at radius 1 is 1.57 bits per heavy atom. The van der Waals surface area contributed by atoms with Crippen molar-refractivity contribution < 1.29 is 9.53 Å². The number of nitrogens with two attached hydrogens (primary N) is 2. The van der Waals surface area contributed by atoms with Gasteiger partial charge in [0, 0.05) is 18.3 Å². The summed E-state index contributed by atoms with van der Waals surface area (Å²) in [6, 6.07) is 1.64. The Kier molecular flexibility index (Phi) is 3.03. The molecule has 0 aliphatic rings. The van der Waals surface area contributed by atoms with E-state index >= 15 is 0 Å². The Hall–Kier alpha value is -1.62. The highest BCUT2D eigenvalue weighted by Crippen LogP contribution is 2.17. The summed E-state index contributed by atoms with van der Waals surface area (Å²) >= 11 is 0. The number of hydrogen-bond donors (Lipinski definition) is 2. The van der Waals surface area contributed by atoms with Gasteiger partial charge in [0.1, 0.15) is 0 Å². The number of hydrogen-bond acceptors (Lipinski definition) is 4. The second-order valence-electron chi connectivity index (χ2n) is 2.97. The first-order chi connectivity index (χ1) is 6.54. The normalized spacial score (nSPS) is 9.93. The van der Waals surface area contributed by atoms with Crippen LogP contribution in [-0.4, -0.2) is 11.1 Å². The van der Waals surface area contributed by atoms with Gasteiger partial charge in [0.25, 0.3) is 0 Å². The van der Waals surface area contributed by atoms with E-state index in [4.69, 9.17) is 11.5 Å². The van der Waals surface area contributed by atoms with Gasteiger partial charge in [-0.15, -0.1) is 0 Å². The number of pyridine rings is 1. The third-order valence-electron chi connectivity index (χ3n) is 1.94. The van der Waals surface area contributed by atoms with Gasteiger partial charge in [-0.1, -0.05) is 0 Å². The van der Waals surface area contributed by atoms with Gasteiger partial charge < -0.3 is 16.2 Å². The van der Waals surface area contributed by atoms with Crippen LogP contribution in [0.4, 0.5) is 4.79 Å². The molecular weight excluding hydrogens is 182 g/mol. The quantitative estimate of drug-likeness (QED) is 0.723. The lowest BCUT2D eigenvalue weighted by atomic mass is 10.1. The molecule has 0 bridgehead atoms. The van der Waals surface area contributed by atoms with E-state index in [1.54, 1.807) is 6.07 Å². The minimum Gasteiger partial charge on any atom is -0.391 e. The van der Waals surface area contributed by atoms with Crippen molar-refractivity contribution in [1.29, 1.82) is 0 Å². The third kappa shape index (κ3) is 2.20. The van der Waals surface area contributed by atoms with Gasteiger partial charge >= 0.3 is 6.09 Å². The van der Waals surface area contributed by atoms with Gasteiger partial charge in [0.2, 0.25) is 5.88 Å². The Morgan fingerprint density at radius 3 is 2.64 bits per heavy atom. The summed E-state index contributed by atoms with van der Waals surface area (Å²) in [4.78, 5) is 14.5. The van der Waals surface area contributed by atoms with Crippen molar-refractivity contribution in [3.8, 4) is 5.88 Å². The van der Waals surface area contributed by atoms with Crippen molar-refractivity contribution in [2.75, 3.05) is 0 Å². The molecule has 14 heavy (non-hydrogen) atoms. The summed E-state index contributed by atoms with van der Waals surface area (Å²) in [7, 11) is 0. The molecule has 1 rings (SSSR count). The van der Waals surface area contributed by atoms with Gasteiger partial charge in [0.05, 0.1) is 0 Å². The number of rotatable bonds is 2. The van der Waals surface area contributed by atoms with Gasteiger partial charge in [-0.3, -0.25) is 0 Å². The molecule has 0 unspecified atom stereocenters. The SMILES string of the molecule is Cc1cc(OC(N)=O)nc(C)c1CN. The highest BCUT2D eigenvalue weighted by Gasteiger charge is 2.07. The van der Waals surface area contributed by atoms with Crippen LogP contribution in [0, 0.1) is 13.8 Å². The predicted molar refractivity (Wildman–Crippen MR) is 51.8 cm³/mol. The summed E-state index contributed by atoms with van der Waals surface area (Å²) in [5, 5.41) is 0. The number of carbonyl (C=O) groups excluding carboxylic acids is 1. The third-order valence-corrected chi connectivity index (χ3v) is 1.94. The molecule has 1 aromatic heterocycles. The van der Waals surface area contributed by atoms with Crippen LogP contribution in [0.15, 0.2) is 6.07 Å². The number of primary amides is 1. The first-order valence-corrected chi connectivity index (χ1v) is 4.19. The lowest BCUT2D eigenvalue weighted by Gasteiger charge is -2.08. The molecule has 0 saturated heterocycles. The van der Waals surface area contributed by atoms with Crippen molar-refractivity contribution in [1.82, 2.24) is 4.98 Å². The topological polar surface area (TPSA) is 91.2 Å². The minimum atomic E-state index is -0.864. The Labute approximate surface area is 82.1 Å². The number of amides is 1. The average Bonchev–Trinajstić information content (AvgIpc) is 2.01. The zero-order chi connectivity index (χ0) is 10.7. The monoisotopic (exact) mass is 195 g/mol. The zero-order valence-electron chi connectivity index (χ0n) is 8.20. The maximum absolute atomic E-state index is 10.5. The average molecular weight is 195 g/mol. The molecule has 5 heteroatoms. The van der Waals surface area contributed by atoms with E-state index in [-0.39, 0.29) is 5.88 Å². The van der Waals surface area contributed by atoms with E-state index in [1.807, 2.05) is 13.8 Å². The van der Waals surface area contributed by atoms with E-state index in [2.05, 4.69) is 9.72 Å². The Morgan fingerprint density at radius 2 is 2.21 bits per heavy atom. The highest BCUT2D eigenvalue weighted by atomic mass is 16.6. The largest absolute Gasteiger partial charge is 0.411 e. The zero-order valence-corrected chi connectivity index (χ0v) is 8.20. The molecule has 0 radical (unpaired) electrons. The summed E-state index contributed by atoms with van der Waals surface area (Å²) in [5.41, 5.74) is 13.1. The number of carbonyl (C=O) groups is 1. The number of aromatic nitrogens is 1. The fraction of sp³-hybridized carbons (Fsp3) is 0.333. The van der Waals surface area contributed by atoms with Crippen LogP contribution in [0.1, 0.15) is 16.8 Å². The van der Waals surface area contributed by atoms with Crippen LogP contribution < -0.4 is 16.2 Å². The molecule has 0 saturated carbocycles. The molecule has 0 aliphatic carbocycles. The molecule has 1 aromatic rings. The molecular formula is C9H13N3O2. The van der Waals surface area contributed by atoms with E-state index in [1.165, 1.54) is 0 Å². The molecule has 0 aromatic carbocycles. The highest BCUT2D eigenvalue weighted by molar-refractivity contribution is 5.67. The van der Waals surface area contributed by atoms with Gasteiger partial charge in [-0.25, -0.2) is 9.78 Å². The van der Waals surface area contributed by atoms with Crippen molar-refractivity contribution >= 4 is 6.09 Å². The van der Waals surface area contributed by atoms with Crippen molar-refractivity contribution in [3.05, 3.63) is 22.9 Å². The van der Waals surface area contributed by atoms with Gasteiger partial charge in [0.15, 0.2) is 0 Å². The van der Waals surface area contributed by atoms with Crippen LogP contribution in [-0.2, 0) is 6.54 Å². The summed E-state index contributed by atoms with van der Waals surface area (Å²) in [6.45, 7) is 4.11. The molecule has 0 spiro atoms. The second kappa shape index (κ2) is 4.06. The van der Waals surface area contributed by atoms with E-state index in [0.717, 1.165) is 16.8 Å². The lowest BCUT2D eigenvalue weighted by molar-refractivity contribution is 0.209. The summed E-state index contributed by atoms with van der Waals surface area (Å²) < 4.78 is 4.66. The standard InChI is InChI=1S/C9H13N3O2/c1-5-3-8(14-9(11)13)12-6(2)7(5)4-10/h3H,4,10H2,1-2H3,(H2,11,13). The molecule has 0 aliphatic heterocycles. The van der Waals surface area contributed by atoms with Crippen LogP contribution in [0.2, 0.25) is 0 Å². The van der Waals surface area contributed by atoms with E-state index in [9.17, 15) is 4.79 Å². The molecule has 0 fully saturated rings. The first-order valence-electron chi connectivity index (χ1n) is 4.19. The molecule has 5 nitrogen and oxygen atoms in total. The maximum atomic E-state index is 10.5. The summed E-state index contributed by atoms with van der Waals surface area (Å²) in [5.74, 6) is 0.213. The van der Waals surface area contributed by atoms with Crippen LogP contribution >= 0.6 is 0 Å². The fourth-order valence-corrected chi connectivity index (χ4v) is 1.29. The molecule has 76 valence electrons. The van der Waals surface area contributed by atoms with E-state index in [0.29, 0.717) is 6.54 Å². The van der Waals surface area contributed by atoms with Crippen LogP contribution in [0.25, 0.3) is 0 Å². The lowest BCUT2D eigenvalue weighted by Crippen LogP contribution is -2.17. The fourth-order valence-electron chi connectivity index (χ4n) is 1.29. The first kappa shape index (κ1) is 10.5. The summed E-state index contributed by atoms with van der Waals surface area (Å²) in [6.07, 6.45) is -0.864. The smallest absolute Gasteiger partial charge is 0.391 e. The van der Waals surface area contributed by atoms with Crippen LogP contribution in [0.3, 0.4) is 0 Å². The maximum Gasteiger partial charge on any atom is 0.411 e.